The fourth-order valence-corrected chi connectivity index (χ4v) is 5.03. The monoisotopic (exact) mass is 495 g/mol. The second-order valence-corrected chi connectivity index (χ2v) is 12.4. The first-order chi connectivity index (χ1) is 16.3. The lowest BCUT2D eigenvalue weighted by atomic mass is 9.91. The van der Waals surface area contributed by atoms with Crippen molar-refractivity contribution in [1.29, 1.82) is 0 Å². The molecule has 0 amide bonds. The van der Waals surface area contributed by atoms with Gasteiger partial charge in [0.25, 0.3) is 0 Å². The molecule has 35 heavy (non-hydrogen) atoms. The predicted molar refractivity (Wildman–Crippen MR) is 138 cm³/mol. The van der Waals surface area contributed by atoms with Crippen LogP contribution in [0.3, 0.4) is 0 Å². The van der Waals surface area contributed by atoms with E-state index in [1.165, 1.54) is 18.1 Å². The summed E-state index contributed by atoms with van der Waals surface area (Å²) in [5, 5.41) is 0.867. The molecule has 2 aromatic heterocycles. The first-order valence-corrected chi connectivity index (χ1v) is 12.7. The van der Waals surface area contributed by atoms with Crippen LogP contribution in [0.5, 0.6) is 0 Å². The molecule has 3 aromatic rings. The number of carbonyl (C=O) groups is 2. The van der Waals surface area contributed by atoms with E-state index in [9.17, 15) is 9.59 Å². The zero-order valence-electron chi connectivity index (χ0n) is 21.5. The summed E-state index contributed by atoms with van der Waals surface area (Å²) in [4.78, 5) is 35.7. The summed E-state index contributed by atoms with van der Waals surface area (Å²) in [5.41, 5.74) is 2.05. The summed E-state index contributed by atoms with van der Waals surface area (Å²) in [6.45, 7) is 14.0. The Morgan fingerprint density at radius 3 is 2.37 bits per heavy atom. The summed E-state index contributed by atoms with van der Waals surface area (Å²) in [5.74, 6) is -0.159. The average Bonchev–Trinajstić information content (AvgIpc) is 3.43. The van der Waals surface area contributed by atoms with Gasteiger partial charge in [-0.25, -0.2) is 19.3 Å². The first kappa shape index (κ1) is 25.2. The highest BCUT2D eigenvalue weighted by Gasteiger charge is 2.52. The molecule has 0 bridgehead atoms. The number of fused-ring (bicyclic) bond motifs is 1. The van der Waals surface area contributed by atoms with Crippen LogP contribution in [0.4, 0.5) is 4.79 Å². The van der Waals surface area contributed by atoms with Crippen molar-refractivity contribution < 1.29 is 19.1 Å². The second-order valence-electron chi connectivity index (χ2n) is 10.9. The van der Waals surface area contributed by atoms with Crippen molar-refractivity contribution in [2.75, 3.05) is 6.61 Å². The molecule has 0 unspecified atom stereocenters. The number of thioether (sulfide) groups is 1. The maximum atomic E-state index is 13.3. The van der Waals surface area contributed by atoms with E-state index in [0.29, 0.717) is 18.0 Å². The Bertz CT molecular complexity index is 1280. The Balaban J connectivity index is 1.80. The summed E-state index contributed by atoms with van der Waals surface area (Å²) < 4.78 is 12.1. The van der Waals surface area contributed by atoms with Gasteiger partial charge in [0.1, 0.15) is 16.7 Å². The standard InChI is InChI=1S/C27H33N3O4S/c1-8-33-23(31)27(11-12-27)35-18-9-10-20-17(13-18)14-21(30(20)24(32)34-26(5,6)7)19-15-22(25(2,3)4)29-16-28-19/h9-10,13-16H,8,11-12H2,1-7H3. The molecular formula is C27H33N3O4S. The third kappa shape index (κ3) is 5.37. The van der Waals surface area contributed by atoms with Gasteiger partial charge >= 0.3 is 12.1 Å². The third-order valence-electron chi connectivity index (χ3n) is 5.71. The number of rotatable bonds is 5. The van der Waals surface area contributed by atoms with Crippen LogP contribution in [-0.2, 0) is 19.7 Å². The van der Waals surface area contributed by atoms with E-state index in [0.717, 1.165) is 34.3 Å². The van der Waals surface area contributed by atoms with E-state index in [1.807, 2.05) is 58.0 Å². The Kier molecular flexibility index (Phi) is 6.47. The molecule has 0 saturated heterocycles. The van der Waals surface area contributed by atoms with Crippen LogP contribution in [0, 0.1) is 0 Å². The smallest absolute Gasteiger partial charge is 0.419 e. The lowest BCUT2D eigenvalue weighted by Gasteiger charge is -2.21. The number of hydrogen-bond acceptors (Lipinski definition) is 7. The zero-order valence-corrected chi connectivity index (χ0v) is 22.3. The van der Waals surface area contributed by atoms with Crippen LogP contribution in [0.2, 0.25) is 0 Å². The Labute approximate surface area is 210 Å². The van der Waals surface area contributed by atoms with Gasteiger partial charge < -0.3 is 9.47 Å². The molecule has 7 nitrogen and oxygen atoms in total. The second kappa shape index (κ2) is 8.97. The molecule has 8 heteroatoms. The van der Waals surface area contributed by atoms with Crippen LogP contribution >= 0.6 is 11.8 Å². The van der Waals surface area contributed by atoms with Crippen molar-refractivity contribution in [1.82, 2.24) is 14.5 Å². The number of hydrogen-bond donors (Lipinski definition) is 0. The SMILES string of the molecule is CCOC(=O)C1(Sc2ccc3c(c2)cc(-c2cc(C(C)(C)C)ncn2)n3C(=O)OC(C)(C)C)CC1. The van der Waals surface area contributed by atoms with Gasteiger partial charge in [-0.15, -0.1) is 11.8 Å². The van der Waals surface area contributed by atoms with Crippen LogP contribution in [0.25, 0.3) is 22.3 Å². The molecule has 0 atom stereocenters. The van der Waals surface area contributed by atoms with E-state index < -0.39 is 16.4 Å². The van der Waals surface area contributed by atoms with Gasteiger partial charge in [0.2, 0.25) is 0 Å². The number of nitrogens with zero attached hydrogens (tertiary/aromatic N) is 3. The molecule has 4 rings (SSSR count). The Morgan fingerprint density at radius 1 is 1.06 bits per heavy atom. The highest BCUT2D eigenvalue weighted by Crippen LogP contribution is 2.53. The number of ether oxygens (including phenoxy) is 2. The highest BCUT2D eigenvalue weighted by atomic mass is 32.2. The predicted octanol–water partition coefficient (Wildman–Crippen LogP) is 6.37. The summed E-state index contributed by atoms with van der Waals surface area (Å²) in [6, 6.07) is 9.72. The van der Waals surface area contributed by atoms with Crippen LogP contribution in [0.1, 0.15) is 67.0 Å². The molecule has 1 fully saturated rings. The normalized spacial score (nSPS) is 15.2. The van der Waals surface area contributed by atoms with Crippen molar-refractivity contribution in [2.24, 2.45) is 0 Å². The highest BCUT2D eigenvalue weighted by molar-refractivity contribution is 8.01. The molecule has 1 aliphatic carbocycles. The minimum Gasteiger partial charge on any atom is -0.465 e. The quantitative estimate of drug-likeness (QED) is 0.380. The molecule has 1 aliphatic rings. The molecule has 0 N–H and O–H groups in total. The van der Waals surface area contributed by atoms with E-state index in [2.05, 4.69) is 30.7 Å². The summed E-state index contributed by atoms with van der Waals surface area (Å²) >= 11 is 1.53. The lowest BCUT2D eigenvalue weighted by Crippen LogP contribution is -2.27. The topological polar surface area (TPSA) is 83.3 Å². The van der Waals surface area contributed by atoms with Gasteiger partial charge in [-0.05, 0) is 70.9 Å². The maximum absolute atomic E-state index is 13.3. The molecule has 0 radical (unpaired) electrons. The van der Waals surface area contributed by atoms with Gasteiger partial charge in [0, 0.05) is 21.4 Å². The fraction of sp³-hybridized carbons (Fsp3) is 0.481. The van der Waals surface area contributed by atoms with E-state index >= 15 is 0 Å². The minimum atomic E-state index is -0.652. The largest absolute Gasteiger partial charge is 0.465 e. The van der Waals surface area contributed by atoms with Crippen molar-refractivity contribution in [3.05, 3.63) is 42.4 Å². The first-order valence-electron chi connectivity index (χ1n) is 11.9. The molecule has 186 valence electrons. The van der Waals surface area contributed by atoms with Crippen molar-refractivity contribution in [3.63, 3.8) is 0 Å². The van der Waals surface area contributed by atoms with Gasteiger partial charge in [-0.1, -0.05) is 20.8 Å². The third-order valence-corrected chi connectivity index (χ3v) is 7.17. The van der Waals surface area contributed by atoms with Gasteiger partial charge in [0.15, 0.2) is 0 Å². The van der Waals surface area contributed by atoms with Crippen molar-refractivity contribution >= 4 is 34.7 Å². The van der Waals surface area contributed by atoms with Gasteiger partial charge in [-0.2, -0.15) is 0 Å². The van der Waals surface area contributed by atoms with E-state index in [-0.39, 0.29) is 11.4 Å². The number of aromatic nitrogens is 3. The van der Waals surface area contributed by atoms with Crippen LogP contribution < -0.4 is 0 Å². The zero-order chi connectivity index (χ0) is 25.6. The molecule has 2 heterocycles. The van der Waals surface area contributed by atoms with Crippen molar-refractivity contribution in [3.8, 4) is 11.4 Å². The maximum Gasteiger partial charge on any atom is 0.419 e. The van der Waals surface area contributed by atoms with E-state index in [4.69, 9.17) is 9.47 Å². The molecule has 0 spiro atoms. The lowest BCUT2D eigenvalue weighted by molar-refractivity contribution is -0.143. The summed E-state index contributed by atoms with van der Waals surface area (Å²) in [6.07, 6.45) is 2.67. The minimum absolute atomic E-state index is 0.159. The molecule has 1 saturated carbocycles. The van der Waals surface area contributed by atoms with Gasteiger partial charge in [0.05, 0.1) is 23.5 Å². The number of carbonyl (C=O) groups excluding carboxylic acids is 2. The Hall–Kier alpha value is -2.87. The fourth-order valence-electron chi connectivity index (χ4n) is 3.81. The number of benzene rings is 1. The van der Waals surface area contributed by atoms with Crippen LogP contribution in [0.15, 0.2) is 41.6 Å². The van der Waals surface area contributed by atoms with Crippen molar-refractivity contribution in [2.45, 2.75) is 82.0 Å². The van der Waals surface area contributed by atoms with Crippen LogP contribution in [-0.4, -0.2) is 43.6 Å². The van der Waals surface area contributed by atoms with E-state index in [1.54, 1.807) is 4.57 Å². The van der Waals surface area contributed by atoms with Gasteiger partial charge in [-0.3, -0.25) is 4.79 Å². The molecule has 1 aromatic carbocycles. The average molecular weight is 496 g/mol. The molecular weight excluding hydrogens is 462 g/mol. The molecule has 0 aliphatic heterocycles. The summed E-state index contributed by atoms with van der Waals surface area (Å²) in [7, 11) is 0. The number of esters is 1. The Morgan fingerprint density at radius 2 is 1.77 bits per heavy atom.